The van der Waals surface area contributed by atoms with E-state index in [0.29, 0.717) is 21.2 Å². The van der Waals surface area contributed by atoms with E-state index in [4.69, 9.17) is 0 Å². The maximum atomic E-state index is 14.0. The Hall–Kier alpha value is -4.08. The maximum absolute atomic E-state index is 14.0. The van der Waals surface area contributed by atoms with Gasteiger partial charge in [0.25, 0.3) is 5.91 Å². The highest BCUT2D eigenvalue weighted by Gasteiger charge is 2.45. The van der Waals surface area contributed by atoms with Crippen molar-refractivity contribution < 1.29 is 19.1 Å². The summed E-state index contributed by atoms with van der Waals surface area (Å²) in [4.78, 5) is 27.8. The molecule has 3 aromatic carbocycles. The van der Waals surface area contributed by atoms with Crippen molar-refractivity contribution in [2.24, 2.45) is 0 Å². The molecule has 5 rings (SSSR count). The van der Waals surface area contributed by atoms with Gasteiger partial charge in [-0.2, -0.15) is 0 Å². The molecule has 0 spiro atoms. The van der Waals surface area contributed by atoms with Crippen LogP contribution in [-0.4, -0.2) is 27.0 Å². The van der Waals surface area contributed by atoms with Crippen molar-refractivity contribution in [1.29, 1.82) is 0 Å². The molecule has 1 N–H and O–H groups in total. The summed E-state index contributed by atoms with van der Waals surface area (Å²) in [6.45, 7) is 0. The number of halogens is 1. The average Bonchev–Trinajstić information content (AvgIpc) is 3.50. The summed E-state index contributed by atoms with van der Waals surface area (Å²) < 4.78 is 14.5. The summed E-state index contributed by atoms with van der Waals surface area (Å²) in [6.07, 6.45) is 2.99. The van der Waals surface area contributed by atoms with Crippen molar-refractivity contribution in [3.8, 4) is 0 Å². The van der Waals surface area contributed by atoms with Crippen LogP contribution >= 0.6 is 23.1 Å². The minimum absolute atomic E-state index is 0.0286. The molecular formula is C28H20FN3O3S2. The summed E-state index contributed by atoms with van der Waals surface area (Å²) in [5.74, 6) is -1.79. The number of carbonyl (C=O) groups excluding carboxylic acids is 2. The van der Waals surface area contributed by atoms with Crippen molar-refractivity contribution in [2.45, 2.75) is 16.1 Å². The molecule has 0 fully saturated rings. The average molecular weight is 530 g/mol. The second kappa shape index (κ2) is 10.9. The van der Waals surface area contributed by atoms with E-state index in [2.05, 4.69) is 10.2 Å². The number of hydrogen-bond acceptors (Lipinski definition) is 7. The number of carbonyl (C=O) groups is 2. The molecule has 1 aromatic heterocycles. The van der Waals surface area contributed by atoms with Gasteiger partial charge in [-0.3, -0.25) is 14.5 Å². The topological polar surface area (TPSA) is 83.4 Å². The Kier molecular flexibility index (Phi) is 7.25. The van der Waals surface area contributed by atoms with E-state index in [-0.39, 0.29) is 16.5 Å². The highest BCUT2D eigenvalue weighted by molar-refractivity contribution is 8.00. The number of aliphatic hydroxyl groups excluding tert-OH is 1. The monoisotopic (exact) mass is 529 g/mol. The molecule has 0 saturated carbocycles. The van der Waals surface area contributed by atoms with E-state index in [1.807, 2.05) is 36.4 Å². The number of thioether (sulfide) groups is 1. The lowest BCUT2D eigenvalue weighted by Crippen LogP contribution is -2.30. The molecule has 6 nitrogen and oxygen atoms in total. The van der Waals surface area contributed by atoms with E-state index in [1.54, 1.807) is 48.5 Å². The number of ketones is 1. The summed E-state index contributed by atoms with van der Waals surface area (Å²) in [5, 5.41) is 19.4. The Morgan fingerprint density at radius 3 is 2.41 bits per heavy atom. The first kappa shape index (κ1) is 24.6. The first-order valence-electron chi connectivity index (χ1n) is 11.3. The predicted octanol–water partition coefficient (Wildman–Crippen LogP) is 6.15. The van der Waals surface area contributed by atoms with Crippen LogP contribution in [0.15, 0.2) is 107 Å². The van der Waals surface area contributed by atoms with Crippen LogP contribution in [0.4, 0.5) is 9.52 Å². The van der Waals surface area contributed by atoms with Gasteiger partial charge in [0, 0.05) is 5.75 Å². The highest BCUT2D eigenvalue weighted by Crippen LogP contribution is 2.43. The van der Waals surface area contributed by atoms with E-state index in [9.17, 15) is 19.1 Å². The van der Waals surface area contributed by atoms with Gasteiger partial charge in [-0.25, -0.2) is 4.39 Å². The smallest absolute Gasteiger partial charge is 0.296 e. The SMILES string of the molecule is O=C(C=Cc1ccccc1)C1=C(O)C(=O)N(c2nnc(SCc3ccccc3F)s2)C1c1ccccc1. The van der Waals surface area contributed by atoms with Gasteiger partial charge >= 0.3 is 0 Å². The third-order valence-corrected chi connectivity index (χ3v) is 7.83. The zero-order valence-corrected chi connectivity index (χ0v) is 21.0. The van der Waals surface area contributed by atoms with Crippen molar-refractivity contribution in [1.82, 2.24) is 10.2 Å². The fraction of sp³-hybridized carbons (Fsp3) is 0.0714. The molecular weight excluding hydrogens is 509 g/mol. The quantitative estimate of drug-likeness (QED) is 0.167. The Morgan fingerprint density at radius 2 is 1.68 bits per heavy atom. The van der Waals surface area contributed by atoms with Crippen LogP contribution in [0.2, 0.25) is 0 Å². The molecule has 37 heavy (non-hydrogen) atoms. The van der Waals surface area contributed by atoms with Crippen molar-refractivity contribution in [3.63, 3.8) is 0 Å². The first-order chi connectivity index (χ1) is 18.0. The molecule has 1 unspecified atom stereocenters. The summed E-state index contributed by atoms with van der Waals surface area (Å²) >= 11 is 2.43. The summed E-state index contributed by atoms with van der Waals surface area (Å²) in [6, 6.07) is 23.9. The van der Waals surface area contributed by atoms with Crippen LogP contribution in [0, 0.1) is 5.82 Å². The lowest BCUT2D eigenvalue weighted by atomic mass is 9.96. The van der Waals surface area contributed by atoms with Crippen molar-refractivity contribution >= 4 is 46.0 Å². The number of nitrogens with zero attached hydrogens (tertiary/aromatic N) is 3. The number of benzene rings is 3. The van der Waals surface area contributed by atoms with Crippen LogP contribution in [0.1, 0.15) is 22.7 Å². The van der Waals surface area contributed by atoms with Gasteiger partial charge < -0.3 is 5.11 Å². The van der Waals surface area contributed by atoms with Crippen LogP contribution in [0.3, 0.4) is 0 Å². The minimum Gasteiger partial charge on any atom is -0.503 e. The number of aromatic nitrogens is 2. The fourth-order valence-corrected chi connectivity index (χ4v) is 5.80. The minimum atomic E-state index is -0.876. The van der Waals surface area contributed by atoms with Gasteiger partial charge in [-0.15, -0.1) is 10.2 Å². The van der Waals surface area contributed by atoms with Gasteiger partial charge in [-0.1, -0.05) is 108 Å². The van der Waals surface area contributed by atoms with Gasteiger partial charge in [0.1, 0.15) is 5.82 Å². The highest BCUT2D eigenvalue weighted by atomic mass is 32.2. The molecule has 1 atom stereocenters. The Bertz CT molecular complexity index is 1500. The zero-order chi connectivity index (χ0) is 25.8. The lowest BCUT2D eigenvalue weighted by Gasteiger charge is -2.23. The molecule has 184 valence electrons. The molecule has 1 amide bonds. The van der Waals surface area contributed by atoms with Gasteiger partial charge in [0.2, 0.25) is 5.13 Å². The van der Waals surface area contributed by atoms with Crippen LogP contribution in [0.5, 0.6) is 0 Å². The Morgan fingerprint density at radius 1 is 1.00 bits per heavy atom. The number of anilines is 1. The molecule has 1 aliphatic heterocycles. The standard InChI is InChI=1S/C28H20FN3O3S2/c29-21-14-8-7-13-20(21)17-36-28-31-30-27(37-28)32-24(19-11-5-2-6-12-19)23(25(34)26(32)35)22(33)16-15-18-9-3-1-4-10-18/h1-16,24,34H,17H2. The summed E-state index contributed by atoms with van der Waals surface area (Å²) in [7, 11) is 0. The normalized spacial score (nSPS) is 15.6. The number of hydrogen-bond donors (Lipinski definition) is 1. The van der Waals surface area contributed by atoms with Gasteiger partial charge in [0.05, 0.1) is 11.6 Å². The number of allylic oxidation sites excluding steroid dienone is 1. The molecule has 0 radical (unpaired) electrons. The number of aliphatic hydroxyl groups is 1. The predicted molar refractivity (Wildman–Crippen MR) is 143 cm³/mol. The molecule has 4 aromatic rings. The first-order valence-corrected chi connectivity index (χ1v) is 13.1. The van der Waals surface area contributed by atoms with Gasteiger partial charge in [0.15, 0.2) is 15.9 Å². The largest absolute Gasteiger partial charge is 0.503 e. The molecule has 0 bridgehead atoms. The lowest BCUT2D eigenvalue weighted by molar-refractivity contribution is -0.117. The van der Waals surface area contributed by atoms with Crippen LogP contribution in [-0.2, 0) is 15.3 Å². The van der Waals surface area contributed by atoms with Crippen molar-refractivity contribution in [3.05, 3.63) is 125 Å². The second-order valence-corrected chi connectivity index (χ2v) is 10.3. The summed E-state index contributed by atoms with van der Waals surface area (Å²) in [5.41, 5.74) is 1.96. The maximum Gasteiger partial charge on any atom is 0.296 e. The Labute approximate surface area is 220 Å². The van der Waals surface area contributed by atoms with Crippen LogP contribution in [0.25, 0.3) is 6.08 Å². The molecule has 0 aliphatic carbocycles. The third kappa shape index (κ3) is 5.23. The van der Waals surface area contributed by atoms with E-state index < -0.39 is 23.5 Å². The van der Waals surface area contributed by atoms with Crippen LogP contribution < -0.4 is 4.90 Å². The fourth-order valence-electron chi connectivity index (χ4n) is 3.94. The number of amides is 1. The van der Waals surface area contributed by atoms with Crippen molar-refractivity contribution in [2.75, 3.05) is 4.90 Å². The van der Waals surface area contributed by atoms with E-state index in [0.717, 1.165) is 16.9 Å². The molecule has 0 saturated heterocycles. The molecule has 9 heteroatoms. The van der Waals surface area contributed by atoms with E-state index in [1.165, 1.54) is 28.8 Å². The van der Waals surface area contributed by atoms with Gasteiger partial charge in [-0.05, 0) is 28.8 Å². The van der Waals surface area contributed by atoms with E-state index >= 15 is 0 Å². The number of rotatable bonds is 8. The molecule has 1 aliphatic rings. The Balaban J connectivity index is 1.45. The second-order valence-electron chi connectivity index (χ2n) is 8.09. The zero-order valence-electron chi connectivity index (χ0n) is 19.3. The third-order valence-electron chi connectivity index (χ3n) is 5.73. The molecule has 2 heterocycles.